The Morgan fingerprint density at radius 2 is 1.83 bits per heavy atom. The summed E-state index contributed by atoms with van der Waals surface area (Å²) < 4.78 is 23.7. The maximum atomic E-state index is 12.4. The Bertz CT molecular complexity index is 795. The predicted octanol–water partition coefficient (Wildman–Crippen LogP) is 2.23. The van der Waals surface area contributed by atoms with Gasteiger partial charge in [-0.15, -0.1) is 0 Å². The lowest BCUT2D eigenvalue weighted by Crippen LogP contribution is -2.34. The second kappa shape index (κ2) is 7.28. The highest BCUT2D eigenvalue weighted by molar-refractivity contribution is 7.80. The summed E-state index contributed by atoms with van der Waals surface area (Å²) in [6, 6.07) is 9.95. The van der Waals surface area contributed by atoms with Crippen LogP contribution in [-0.2, 0) is 11.3 Å². The highest BCUT2D eigenvalue weighted by atomic mass is 32.2. The Hall–Kier alpha value is -2.65. The van der Waals surface area contributed by atoms with Crippen molar-refractivity contribution >= 4 is 28.6 Å². The van der Waals surface area contributed by atoms with Crippen molar-refractivity contribution in [3.8, 4) is 0 Å². The molecule has 1 heterocycles. The van der Waals surface area contributed by atoms with Crippen LogP contribution in [0.4, 0.5) is 11.5 Å². The summed E-state index contributed by atoms with van der Waals surface area (Å²) in [5.74, 6) is -0.836. The predicted molar refractivity (Wildman–Crippen MR) is 87.3 cm³/mol. The van der Waals surface area contributed by atoms with Gasteiger partial charge in [-0.2, -0.15) is 0 Å². The van der Waals surface area contributed by atoms with Crippen LogP contribution in [-0.4, -0.2) is 30.5 Å². The number of nitrogens with zero attached hydrogens (tertiary/aromatic N) is 3. The maximum absolute atomic E-state index is 12.4. The fourth-order valence-electron chi connectivity index (χ4n) is 2.10. The highest BCUT2D eigenvalue weighted by Crippen LogP contribution is 2.29. The summed E-state index contributed by atoms with van der Waals surface area (Å²) >= 11 is -2.77. The van der Waals surface area contributed by atoms with E-state index in [1.807, 2.05) is 0 Å². The minimum atomic E-state index is -2.77. The number of carbonyl (C=O) groups excluding carboxylic acids is 1. The van der Waals surface area contributed by atoms with E-state index in [1.165, 1.54) is 6.07 Å². The largest absolute Gasteiger partial charge is 0.755 e. The molecule has 0 radical (unpaired) electrons. The van der Waals surface area contributed by atoms with Gasteiger partial charge in [0.05, 0.1) is 4.92 Å². The number of anilines is 1. The van der Waals surface area contributed by atoms with E-state index in [-0.39, 0.29) is 11.5 Å². The molecular formula is C15H14N3O5S-. The Balaban J connectivity index is 2.58. The molecule has 0 aliphatic heterocycles. The molecule has 0 spiro atoms. The molecule has 24 heavy (non-hydrogen) atoms. The van der Waals surface area contributed by atoms with Crippen LogP contribution in [0.25, 0.3) is 0 Å². The van der Waals surface area contributed by atoms with Gasteiger partial charge in [-0.05, 0) is 19.9 Å². The first kappa shape index (κ1) is 17.7. The minimum absolute atomic E-state index is 0.0714. The van der Waals surface area contributed by atoms with Gasteiger partial charge in [0.1, 0.15) is 5.69 Å². The minimum Gasteiger partial charge on any atom is -0.755 e. The molecule has 0 fully saturated rings. The average molecular weight is 348 g/mol. The van der Waals surface area contributed by atoms with Gasteiger partial charge in [-0.3, -0.25) is 23.4 Å². The molecule has 8 nitrogen and oxygen atoms in total. The molecule has 0 saturated heterocycles. The van der Waals surface area contributed by atoms with E-state index in [0.717, 1.165) is 10.4 Å². The van der Waals surface area contributed by atoms with E-state index in [4.69, 9.17) is 0 Å². The first-order valence-corrected chi connectivity index (χ1v) is 8.00. The maximum Gasteiger partial charge on any atom is 0.312 e. The molecule has 1 aromatic heterocycles. The highest BCUT2D eigenvalue weighted by Gasteiger charge is 2.26. The van der Waals surface area contributed by atoms with E-state index in [9.17, 15) is 23.7 Å². The van der Waals surface area contributed by atoms with E-state index in [1.54, 1.807) is 44.2 Å². The molecule has 1 unspecified atom stereocenters. The number of nitro groups is 1. The zero-order chi connectivity index (χ0) is 17.9. The molecule has 0 aliphatic carbocycles. The topological polar surface area (TPSA) is 116 Å². The van der Waals surface area contributed by atoms with E-state index in [2.05, 4.69) is 4.98 Å². The Morgan fingerprint density at radius 3 is 2.33 bits per heavy atom. The molecule has 1 aromatic carbocycles. The van der Waals surface area contributed by atoms with Gasteiger partial charge < -0.3 is 4.55 Å². The van der Waals surface area contributed by atoms with Gasteiger partial charge >= 0.3 is 5.69 Å². The zero-order valence-electron chi connectivity index (χ0n) is 12.9. The third kappa shape index (κ3) is 3.63. The molecule has 0 aliphatic rings. The van der Waals surface area contributed by atoms with Crippen LogP contribution >= 0.6 is 0 Å². The van der Waals surface area contributed by atoms with Gasteiger partial charge in [-0.25, -0.2) is 4.98 Å². The second-order valence-electron chi connectivity index (χ2n) is 5.13. The monoisotopic (exact) mass is 348 g/mol. The quantitative estimate of drug-likeness (QED) is 0.342. The molecule has 2 rings (SSSR count). The SMILES string of the molecule is CC(C)N(c1nc(C(=O)c2ccccc2)ccc1[N+](=O)[O-])S(=O)[O-]. The van der Waals surface area contributed by atoms with Crippen molar-refractivity contribution in [2.75, 3.05) is 4.31 Å². The lowest BCUT2D eigenvalue weighted by molar-refractivity contribution is -0.384. The van der Waals surface area contributed by atoms with E-state index < -0.39 is 33.7 Å². The third-order valence-electron chi connectivity index (χ3n) is 3.16. The average Bonchev–Trinajstić information content (AvgIpc) is 2.54. The van der Waals surface area contributed by atoms with Crippen molar-refractivity contribution in [3.05, 3.63) is 63.8 Å². The van der Waals surface area contributed by atoms with Gasteiger partial charge in [0.15, 0.2) is 0 Å². The lowest BCUT2D eigenvalue weighted by atomic mass is 10.1. The van der Waals surface area contributed by atoms with Crippen LogP contribution in [0, 0.1) is 10.1 Å². The lowest BCUT2D eigenvalue weighted by Gasteiger charge is -2.28. The Labute approximate surface area is 140 Å². The van der Waals surface area contributed by atoms with E-state index in [0.29, 0.717) is 5.56 Å². The summed E-state index contributed by atoms with van der Waals surface area (Å²) in [5, 5.41) is 11.2. The van der Waals surface area contributed by atoms with Crippen LogP contribution in [0.15, 0.2) is 42.5 Å². The van der Waals surface area contributed by atoms with Crippen molar-refractivity contribution in [3.63, 3.8) is 0 Å². The van der Waals surface area contributed by atoms with Crippen molar-refractivity contribution in [2.45, 2.75) is 19.9 Å². The number of aromatic nitrogens is 1. The normalized spacial score (nSPS) is 12.0. The van der Waals surface area contributed by atoms with Crippen LogP contribution in [0.1, 0.15) is 29.9 Å². The van der Waals surface area contributed by atoms with Crippen molar-refractivity contribution in [1.29, 1.82) is 0 Å². The third-order valence-corrected chi connectivity index (χ3v) is 4.07. The number of hydrogen-bond donors (Lipinski definition) is 0. The van der Waals surface area contributed by atoms with Crippen molar-refractivity contribution in [2.24, 2.45) is 0 Å². The van der Waals surface area contributed by atoms with Gasteiger partial charge in [0, 0.05) is 28.9 Å². The van der Waals surface area contributed by atoms with Crippen LogP contribution in [0.2, 0.25) is 0 Å². The molecule has 0 N–H and O–H groups in total. The molecule has 9 heteroatoms. The van der Waals surface area contributed by atoms with Crippen molar-refractivity contribution in [1.82, 2.24) is 4.98 Å². The molecule has 126 valence electrons. The van der Waals surface area contributed by atoms with Crippen LogP contribution < -0.4 is 4.31 Å². The summed E-state index contributed by atoms with van der Waals surface area (Å²) in [7, 11) is 0. The summed E-state index contributed by atoms with van der Waals surface area (Å²) in [5.41, 5.74) is -0.209. The number of carbonyl (C=O) groups is 1. The van der Waals surface area contributed by atoms with Crippen molar-refractivity contribution < 1.29 is 18.5 Å². The number of pyridine rings is 1. The number of hydrogen-bond acceptors (Lipinski definition) is 6. The first-order valence-electron chi connectivity index (χ1n) is 6.96. The summed E-state index contributed by atoms with van der Waals surface area (Å²) in [4.78, 5) is 26.8. The first-order chi connectivity index (χ1) is 11.3. The number of benzene rings is 1. The Kier molecular flexibility index (Phi) is 5.37. The molecule has 0 saturated carbocycles. The van der Waals surface area contributed by atoms with Gasteiger partial charge in [0.2, 0.25) is 11.6 Å². The molecule has 0 bridgehead atoms. The summed E-state index contributed by atoms with van der Waals surface area (Å²) in [6.45, 7) is 3.10. The number of rotatable bonds is 6. The molecular weight excluding hydrogens is 334 g/mol. The van der Waals surface area contributed by atoms with E-state index >= 15 is 0 Å². The van der Waals surface area contributed by atoms with Crippen LogP contribution in [0.3, 0.4) is 0 Å². The molecule has 0 amide bonds. The number of ketones is 1. The van der Waals surface area contributed by atoms with Gasteiger partial charge in [0.25, 0.3) is 0 Å². The zero-order valence-corrected chi connectivity index (χ0v) is 13.7. The standard InChI is InChI=1S/C15H15N3O5S/c1-10(2)17(24(22)23)15-13(18(20)21)9-8-12(16-15)14(19)11-6-4-3-5-7-11/h3-10H,1-2H3,(H,22,23)/p-1. The Morgan fingerprint density at radius 1 is 1.21 bits per heavy atom. The molecule has 2 aromatic rings. The van der Waals surface area contributed by atoms with Gasteiger partial charge in [-0.1, -0.05) is 30.3 Å². The molecule has 1 atom stereocenters. The fourth-order valence-corrected chi connectivity index (χ4v) is 2.72. The smallest absolute Gasteiger partial charge is 0.312 e. The second-order valence-corrected chi connectivity index (χ2v) is 5.96. The summed E-state index contributed by atoms with van der Waals surface area (Å²) in [6.07, 6.45) is 0. The fraction of sp³-hybridized carbons (Fsp3) is 0.200. The van der Waals surface area contributed by atoms with Crippen LogP contribution in [0.5, 0.6) is 0 Å².